The van der Waals surface area contributed by atoms with Crippen molar-refractivity contribution in [3.63, 3.8) is 0 Å². The van der Waals surface area contributed by atoms with Crippen LogP contribution in [-0.4, -0.2) is 9.91 Å². The average molecular weight is 243 g/mol. The number of nitro groups is 1. The third kappa shape index (κ3) is 2.82. The molecule has 0 saturated carbocycles. The SMILES string of the molecule is CC(Nc1cccc([N+](=O)[O-])c1)c1ccccn1. The van der Waals surface area contributed by atoms with Crippen LogP contribution in [0.2, 0.25) is 0 Å². The van der Waals surface area contributed by atoms with E-state index in [4.69, 9.17) is 0 Å². The molecule has 1 atom stereocenters. The fourth-order valence-corrected chi connectivity index (χ4v) is 1.67. The van der Waals surface area contributed by atoms with Gasteiger partial charge in [0.05, 0.1) is 16.7 Å². The molecule has 92 valence electrons. The second-order valence-corrected chi connectivity index (χ2v) is 3.93. The highest BCUT2D eigenvalue weighted by Crippen LogP contribution is 2.21. The minimum atomic E-state index is -0.406. The normalized spacial score (nSPS) is 11.8. The molecule has 18 heavy (non-hydrogen) atoms. The molecule has 1 unspecified atom stereocenters. The molecule has 1 N–H and O–H groups in total. The summed E-state index contributed by atoms with van der Waals surface area (Å²) in [6.45, 7) is 1.96. The number of nitro benzene ring substituents is 1. The highest BCUT2D eigenvalue weighted by Gasteiger charge is 2.09. The van der Waals surface area contributed by atoms with Gasteiger partial charge < -0.3 is 5.32 Å². The summed E-state index contributed by atoms with van der Waals surface area (Å²) in [7, 11) is 0. The van der Waals surface area contributed by atoms with Crippen LogP contribution in [0.15, 0.2) is 48.7 Å². The Morgan fingerprint density at radius 1 is 1.28 bits per heavy atom. The van der Waals surface area contributed by atoms with Gasteiger partial charge >= 0.3 is 0 Å². The first-order chi connectivity index (χ1) is 8.66. The fraction of sp³-hybridized carbons (Fsp3) is 0.154. The van der Waals surface area contributed by atoms with Crippen molar-refractivity contribution in [2.75, 3.05) is 5.32 Å². The first kappa shape index (κ1) is 12.0. The summed E-state index contributed by atoms with van der Waals surface area (Å²) >= 11 is 0. The van der Waals surface area contributed by atoms with Crippen molar-refractivity contribution in [3.8, 4) is 0 Å². The lowest BCUT2D eigenvalue weighted by molar-refractivity contribution is -0.384. The maximum Gasteiger partial charge on any atom is 0.271 e. The molecule has 0 bridgehead atoms. The molecule has 0 radical (unpaired) electrons. The lowest BCUT2D eigenvalue weighted by Crippen LogP contribution is -2.08. The van der Waals surface area contributed by atoms with Gasteiger partial charge in [0.1, 0.15) is 0 Å². The molecule has 0 aliphatic heterocycles. The number of anilines is 1. The zero-order chi connectivity index (χ0) is 13.0. The standard InChI is InChI=1S/C13H13N3O2/c1-10(13-7-2-3-8-14-13)15-11-5-4-6-12(9-11)16(17)18/h2-10,15H,1H3. The van der Waals surface area contributed by atoms with Gasteiger partial charge in [0.2, 0.25) is 0 Å². The van der Waals surface area contributed by atoms with Gasteiger partial charge in [0.25, 0.3) is 5.69 Å². The molecule has 2 rings (SSSR count). The molecule has 5 nitrogen and oxygen atoms in total. The van der Waals surface area contributed by atoms with Gasteiger partial charge in [-0.25, -0.2) is 0 Å². The molecule has 0 aliphatic rings. The Morgan fingerprint density at radius 2 is 2.11 bits per heavy atom. The number of non-ortho nitro benzene ring substituents is 1. The van der Waals surface area contributed by atoms with Crippen LogP contribution in [0.4, 0.5) is 11.4 Å². The summed E-state index contributed by atoms with van der Waals surface area (Å²) < 4.78 is 0. The van der Waals surface area contributed by atoms with E-state index >= 15 is 0 Å². The Hall–Kier alpha value is -2.43. The van der Waals surface area contributed by atoms with Crippen molar-refractivity contribution in [1.82, 2.24) is 4.98 Å². The van der Waals surface area contributed by atoms with E-state index in [-0.39, 0.29) is 11.7 Å². The number of benzene rings is 1. The molecule has 0 fully saturated rings. The van der Waals surface area contributed by atoms with Crippen molar-refractivity contribution in [3.05, 3.63) is 64.5 Å². The van der Waals surface area contributed by atoms with Gasteiger partial charge in [-0.3, -0.25) is 15.1 Å². The average Bonchev–Trinajstić information content (AvgIpc) is 2.40. The molecular weight excluding hydrogens is 230 g/mol. The number of aromatic nitrogens is 1. The van der Waals surface area contributed by atoms with Crippen LogP contribution in [0.25, 0.3) is 0 Å². The van der Waals surface area contributed by atoms with Crippen LogP contribution in [0.1, 0.15) is 18.7 Å². The van der Waals surface area contributed by atoms with E-state index in [1.807, 2.05) is 25.1 Å². The van der Waals surface area contributed by atoms with Gasteiger partial charge in [0, 0.05) is 24.0 Å². The molecule has 0 aliphatic carbocycles. The second kappa shape index (κ2) is 5.27. The first-order valence-corrected chi connectivity index (χ1v) is 5.59. The van der Waals surface area contributed by atoms with Crippen molar-refractivity contribution >= 4 is 11.4 Å². The summed E-state index contributed by atoms with van der Waals surface area (Å²) in [6, 6.07) is 12.1. The molecular formula is C13H13N3O2. The molecule has 0 spiro atoms. The van der Waals surface area contributed by atoms with E-state index in [1.165, 1.54) is 12.1 Å². The van der Waals surface area contributed by atoms with Gasteiger partial charge in [-0.1, -0.05) is 12.1 Å². The number of nitrogens with one attached hydrogen (secondary N) is 1. The topological polar surface area (TPSA) is 68.1 Å². The van der Waals surface area contributed by atoms with Crippen molar-refractivity contribution < 1.29 is 4.92 Å². The number of pyridine rings is 1. The number of nitrogens with zero attached hydrogens (tertiary/aromatic N) is 2. The Morgan fingerprint density at radius 3 is 2.78 bits per heavy atom. The van der Waals surface area contributed by atoms with Crippen LogP contribution in [-0.2, 0) is 0 Å². The van der Waals surface area contributed by atoms with Crippen LogP contribution in [0.5, 0.6) is 0 Å². The third-order valence-corrected chi connectivity index (χ3v) is 2.57. The third-order valence-electron chi connectivity index (χ3n) is 2.57. The highest BCUT2D eigenvalue weighted by molar-refractivity contribution is 5.51. The van der Waals surface area contributed by atoms with Crippen LogP contribution >= 0.6 is 0 Å². The Balaban J connectivity index is 2.14. The summed E-state index contributed by atoms with van der Waals surface area (Å²) in [6.07, 6.45) is 1.72. The minimum Gasteiger partial charge on any atom is -0.377 e. The van der Waals surface area contributed by atoms with E-state index in [2.05, 4.69) is 10.3 Å². The van der Waals surface area contributed by atoms with Gasteiger partial charge in [-0.2, -0.15) is 0 Å². The molecule has 0 saturated heterocycles. The van der Waals surface area contributed by atoms with E-state index in [0.29, 0.717) is 5.69 Å². The Bertz CT molecular complexity index is 543. The zero-order valence-corrected chi connectivity index (χ0v) is 9.91. The lowest BCUT2D eigenvalue weighted by atomic mass is 10.2. The summed E-state index contributed by atoms with van der Waals surface area (Å²) in [5.74, 6) is 0. The Kier molecular flexibility index (Phi) is 3.52. The predicted octanol–water partition coefficient (Wildman–Crippen LogP) is 3.16. The minimum absolute atomic E-state index is 0.00629. The van der Waals surface area contributed by atoms with E-state index in [0.717, 1.165) is 5.69 Å². The summed E-state index contributed by atoms with van der Waals surface area (Å²) in [5, 5.41) is 13.9. The van der Waals surface area contributed by atoms with E-state index in [9.17, 15) is 10.1 Å². The Labute approximate surface area is 105 Å². The van der Waals surface area contributed by atoms with Crippen molar-refractivity contribution in [1.29, 1.82) is 0 Å². The molecule has 1 aromatic carbocycles. The monoisotopic (exact) mass is 243 g/mol. The fourth-order valence-electron chi connectivity index (χ4n) is 1.67. The molecule has 0 amide bonds. The first-order valence-electron chi connectivity index (χ1n) is 5.59. The maximum absolute atomic E-state index is 10.7. The molecule has 1 heterocycles. The zero-order valence-electron chi connectivity index (χ0n) is 9.91. The molecule has 1 aromatic heterocycles. The quantitative estimate of drug-likeness (QED) is 0.661. The van der Waals surface area contributed by atoms with Gasteiger partial charge in [-0.15, -0.1) is 0 Å². The smallest absolute Gasteiger partial charge is 0.271 e. The second-order valence-electron chi connectivity index (χ2n) is 3.93. The highest BCUT2D eigenvalue weighted by atomic mass is 16.6. The van der Waals surface area contributed by atoms with E-state index in [1.54, 1.807) is 18.3 Å². The largest absolute Gasteiger partial charge is 0.377 e. The van der Waals surface area contributed by atoms with Crippen molar-refractivity contribution in [2.24, 2.45) is 0 Å². The number of hydrogen-bond acceptors (Lipinski definition) is 4. The van der Waals surface area contributed by atoms with Gasteiger partial charge in [-0.05, 0) is 25.1 Å². The molecule has 5 heteroatoms. The van der Waals surface area contributed by atoms with E-state index < -0.39 is 4.92 Å². The lowest BCUT2D eigenvalue weighted by Gasteiger charge is -2.14. The maximum atomic E-state index is 10.7. The summed E-state index contributed by atoms with van der Waals surface area (Å²) in [4.78, 5) is 14.5. The van der Waals surface area contributed by atoms with Crippen LogP contribution in [0.3, 0.4) is 0 Å². The van der Waals surface area contributed by atoms with Crippen LogP contribution in [0, 0.1) is 10.1 Å². The number of hydrogen-bond donors (Lipinski definition) is 1. The number of rotatable bonds is 4. The van der Waals surface area contributed by atoms with Crippen LogP contribution < -0.4 is 5.32 Å². The van der Waals surface area contributed by atoms with Crippen molar-refractivity contribution in [2.45, 2.75) is 13.0 Å². The molecule has 2 aromatic rings. The predicted molar refractivity (Wildman–Crippen MR) is 69.4 cm³/mol. The van der Waals surface area contributed by atoms with Gasteiger partial charge in [0.15, 0.2) is 0 Å². The summed E-state index contributed by atoms with van der Waals surface area (Å²) in [5.41, 5.74) is 1.68.